The van der Waals surface area contributed by atoms with E-state index in [1.165, 1.54) is 0 Å². The summed E-state index contributed by atoms with van der Waals surface area (Å²) in [7, 11) is 0. The third-order valence-electron chi connectivity index (χ3n) is 9.83. The number of aliphatic hydroxyl groups excluding tert-OH is 2. The Kier molecular flexibility index (Phi) is 10.7. The van der Waals surface area contributed by atoms with Crippen molar-refractivity contribution in [3.63, 3.8) is 0 Å². The molecule has 0 radical (unpaired) electrons. The minimum atomic E-state index is -5.03. The molecular weight excluding hydrogens is 639 g/mol. The van der Waals surface area contributed by atoms with Crippen LogP contribution in [0.5, 0.6) is 0 Å². The molecule has 3 aliphatic heterocycles. The van der Waals surface area contributed by atoms with Gasteiger partial charge >= 0.3 is 12.1 Å². The Morgan fingerprint density at radius 3 is 2.33 bits per heavy atom. The summed E-state index contributed by atoms with van der Waals surface area (Å²) >= 11 is 0. The molecule has 3 aromatic rings. The summed E-state index contributed by atoms with van der Waals surface area (Å²) in [6.07, 6.45) is -5.23. The van der Waals surface area contributed by atoms with E-state index in [9.17, 15) is 33.0 Å². The molecule has 3 heterocycles. The largest absolute Gasteiger partial charge is 0.471 e. The van der Waals surface area contributed by atoms with Crippen LogP contribution in [0.2, 0.25) is 0 Å². The third kappa shape index (κ3) is 7.99. The number of alkyl halides is 3. The number of benzene rings is 3. The number of likely N-dealkylation sites (tertiary alicyclic amines) is 2. The minimum absolute atomic E-state index is 0.0122. The van der Waals surface area contributed by atoms with Gasteiger partial charge in [-0.05, 0) is 47.1 Å². The van der Waals surface area contributed by atoms with Gasteiger partial charge in [-0.3, -0.25) is 14.5 Å². The molecule has 0 unspecified atom stereocenters. The van der Waals surface area contributed by atoms with Crippen molar-refractivity contribution < 1.29 is 42.4 Å². The van der Waals surface area contributed by atoms with Gasteiger partial charge in [-0.15, -0.1) is 0 Å². The standard InChI is InChI=1S/C37H42F3N3O6/c1-23-32(21-42-18-16-29(45)20-42)48-35(49-33(23)26-10-8-24(22-44)9-11-26)27-14-12-25(13-15-27)30-6-3-2-5-28(30)19-41-34(46)31-7-4-17-43(31)36(47)37(38,39)40/h2-3,5-6,8-15,23,29,31-33,35,44-45H,4,7,16-22H2,1H3,(H,41,46)/t23-,29+,31+,32+,33+,35+/m1/s1. The Morgan fingerprint density at radius 1 is 0.939 bits per heavy atom. The second kappa shape index (κ2) is 15.0. The summed E-state index contributed by atoms with van der Waals surface area (Å²) in [6, 6.07) is 21.8. The molecule has 3 saturated heterocycles. The highest BCUT2D eigenvalue weighted by atomic mass is 19.4. The van der Waals surface area contributed by atoms with Crippen molar-refractivity contribution in [1.82, 2.24) is 15.1 Å². The van der Waals surface area contributed by atoms with Gasteiger partial charge in [0.1, 0.15) is 6.04 Å². The number of rotatable bonds is 9. The van der Waals surface area contributed by atoms with E-state index in [4.69, 9.17) is 9.47 Å². The van der Waals surface area contributed by atoms with Gasteiger partial charge in [-0.25, -0.2) is 0 Å². The zero-order chi connectivity index (χ0) is 34.7. The Hall–Kier alpha value is -3.81. The summed E-state index contributed by atoms with van der Waals surface area (Å²) in [4.78, 5) is 27.6. The zero-order valence-corrected chi connectivity index (χ0v) is 27.3. The topological polar surface area (TPSA) is 112 Å². The van der Waals surface area contributed by atoms with Crippen LogP contribution in [0.15, 0.2) is 72.8 Å². The lowest BCUT2D eigenvalue weighted by molar-refractivity contribution is -0.276. The number of nitrogens with zero attached hydrogens (tertiary/aromatic N) is 2. The number of halogens is 3. The maximum absolute atomic E-state index is 13.1. The molecule has 0 bridgehead atoms. The van der Waals surface area contributed by atoms with Crippen LogP contribution in [0, 0.1) is 5.92 Å². The van der Waals surface area contributed by atoms with Crippen LogP contribution in [-0.2, 0) is 32.2 Å². The van der Waals surface area contributed by atoms with Crippen molar-refractivity contribution in [2.75, 3.05) is 26.2 Å². The highest BCUT2D eigenvalue weighted by molar-refractivity contribution is 5.90. The first-order chi connectivity index (χ1) is 23.5. The van der Waals surface area contributed by atoms with Gasteiger partial charge in [0.25, 0.3) is 0 Å². The smallest absolute Gasteiger partial charge is 0.392 e. The predicted molar refractivity (Wildman–Crippen MR) is 175 cm³/mol. The fourth-order valence-electron chi connectivity index (χ4n) is 7.08. The van der Waals surface area contributed by atoms with Gasteiger partial charge in [-0.1, -0.05) is 79.7 Å². The van der Waals surface area contributed by atoms with E-state index in [0.717, 1.165) is 46.3 Å². The monoisotopic (exact) mass is 681 g/mol. The Balaban J connectivity index is 1.17. The zero-order valence-electron chi connectivity index (χ0n) is 27.3. The molecule has 6 atom stereocenters. The number of hydrogen-bond donors (Lipinski definition) is 3. The number of aliphatic hydroxyl groups is 2. The lowest BCUT2D eigenvalue weighted by Crippen LogP contribution is -2.50. The van der Waals surface area contributed by atoms with Crippen molar-refractivity contribution in [3.8, 4) is 11.1 Å². The summed E-state index contributed by atoms with van der Waals surface area (Å²) < 4.78 is 52.4. The highest BCUT2D eigenvalue weighted by Crippen LogP contribution is 2.42. The molecule has 0 aliphatic carbocycles. The maximum Gasteiger partial charge on any atom is 0.471 e. The van der Waals surface area contributed by atoms with Crippen molar-refractivity contribution in [2.45, 2.75) is 76.2 Å². The first-order valence-electron chi connectivity index (χ1n) is 16.8. The van der Waals surface area contributed by atoms with Crippen molar-refractivity contribution in [3.05, 3.63) is 95.1 Å². The number of carbonyl (C=O) groups is 2. The molecule has 49 heavy (non-hydrogen) atoms. The number of β-amino-alcohol motifs (C(OH)–C–C–N with tert-alkyl or cyclic N) is 1. The molecule has 3 fully saturated rings. The quantitative estimate of drug-likeness (QED) is 0.296. The summed E-state index contributed by atoms with van der Waals surface area (Å²) in [5.41, 5.74) is 5.10. The minimum Gasteiger partial charge on any atom is -0.392 e. The van der Waals surface area contributed by atoms with Crippen LogP contribution < -0.4 is 5.32 Å². The average Bonchev–Trinajstić information content (AvgIpc) is 3.76. The highest BCUT2D eigenvalue weighted by Gasteiger charge is 2.47. The van der Waals surface area contributed by atoms with Gasteiger partial charge in [0.05, 0.1) is 24.9 Å². The van der Waals surface area contributed by atoms with Crippen molar-refractivity contribution >= 4 is 11.8 Å². The third-order valence-corrected chi connectivity index (χ3v) is 9.83. The van der Waals surface area contributed by atoms with Crippen molar-refractivity contribution in [2.24, 2.45) is 5.92 Å². The lowest BCUT2D eigenvalue weighted by atomic mass is 9.90. The van der Waals surface area contributed by atoms with Gasteiger partial charge in [0.15, 0.2) is 6.29 Å². The van der Waals surface area contributed by atoms with Gasteiger partial charge in [-0.2, -0.15) is 13.2 Å². The van der Waals surface area contributed by atoms with Gasteiger partial charge in [0, 0.05) is 44.2 Å². The summed E-state index contributed by atoms with van der Waals surface area (Å²) in [5, 5.41) is 22.4. The molecule has 0 saturated carbocycles. The fourth-order valence-corrected chi connectivity index (χ4v) is 7.08. The van der Waals surface area contributed by atoms with E-state index >= 15 is 0 Å². The first kappa shape index (κ1) is 35.0. The molecule has 6 rings (SSSR count). The van der Waals surface area contributed by atoms with E-state index in [0.29, 0.717) is 24.4 Å². The van der Waals surface area contributed by atoms with Gasteiger partial charge in [0.2, 0.25) is 5.91 Å². The molecule has 262 valence electrons. The average molecular weight is 682 g/mol. The van der Waals surface area contributed by atoms with Crippen LogP contribution >= 0.6 is 0 Å². The van der Waals surface area contributed by atoms with E-state index in [1.807, 2.05) is 72.8 Å². The molecule has 9 nitrogen and oxygen atoms in total. The lowest BCUT2D eigenvalue weighted by Gasteiger charge is -2.42. The van der Waals surface area contributed by atoms with Crippen LogP contribution in [0.25, 0.3) is 11.1 Å². The molecule has 3 N–H and O–H groups in total. The number of hydrogen-bond acceptors (Lipinski definition) is 7. The van der Waals surface area contributed by atoms with E-state index in [1.54, 1.807) is 0 Å². The van der Waals surface area contributed by atoms with Gasteiger partial charge < -0.3 is 29.9 Å². The van der Waals surface area contributed by atoms with E-state index in [2.05, 4.69) is 17.1 Å². The molecule has 3 aromatic carbocycles. The number of nitrogens with one attached hydrogen (secondary N) is 1. The number of ether oxygens (including phenoxy) is 2. The molecule has 3 aliphatic rings. The van der Waals surface area contributed by atoms with Crippen LogP contribution in [0.3, 0.4) is 0 Å². The molecule has 0 spiro atoms. The van der Waals surface area contributed by atoms with E-state index < -0.39 is 30.3 Å². The van der Waals surface area contributed by atoms with E-state index in [-0.39, 0.29) is 50.3 Å². The Labute approximate surface area is 283 Å². The summed E-state index contributed by atoms with van der Waals surface area (Å²) in [6.45, 7) is 4.10. The second-order valence-electron chi connectivity index (χ2n) is 13.2. The molecule has 0 aromatic heterocycles. The van der Waals surface area contributed by atoms with Crippen molar-refractivity contribution in [1.29, 1.82) is 0 Å². The molecule has 2 amide bonds. The summed E-state index contributed by atoms with van der Waals surface area (Å²) in [5.74, 6) is -2.59. The fraction of sp³-hybridized carbons (Fsp3) is 0.459. The molecular formula is C37H42F3N3O6. The van der Waals surface area contributed by atoms with Crippen LogP contribution in [0.4, 0.5) is 13.2 Å². The predicted octanol–water partition coefficient (Wildman–Crippen LogP) is 4.87. The number of amides is 2. The normalized spacial score (nSPS) is 26.2. The Morgan fingerprint density at radius 2 is 1.65 bits per heavy atom. The SMILES string of the molecule is C[C@@H]1[C@H](CN2CC[C@H](O)C2)O[C@H](c2ccc(-c3ccccc3CNC(=O)[C@@H]3CCCN3C(=O)C(F)(F)F)cc2)O[C@@H]1c1ccc(CO)cc1. The Bertz CT molecular complexity index is 1600. The number of carbonyl (C=O) groups excluding carboxylic acids is 2. The molecule has 12 heteroatoms. The van der Waals surface area contributed by atoms with Crippen LogP contribution in [0.1, 0.15) is 60.8 Å². The second-order valence-corrected chi connectivity index (χ2v) is 13.2. The van der Waals surface area contributed by atoms with Crippen LogP contribution in [-0.4, -0.2) is 82.4 Å². The first-order valence-corrected chi connectivity index (χ1v) is 16.8. The maximum atomic E-state index is 13.1.